The minimum absolute atomic E-state index is 0.169. The Morgan fingerprint density at radius 1 is 1.71 bits per heavy atom. The lowest BCUT2D eigenvalue weighted by Crippen LogP contribution is -2.40. The number of hydrogen-bond acceptors (Lipinski definition) is 3. The number of ether oxygens (including phenoxy) is 1. The van der Waals surface area contributed by atoms with E-state index in [4.69, 9.17) is 9.15 Å². The van der Waals surface area contributed by atoms with Crippen LogP contribution in [0.2, 0.25) is 0 Å². The van der Waals surface area contributed by atoms with Crippen molar-refractivity contribution in [1.82, 2.24) is 10.6 Å². The minimum atomic E-state index is -0.246. The molecular weight excluding hydrogens is 220 g/mol. The van der Waals surface area contributed by atoms with Gasteiger partial charge in [0.2, 0.25) is 0 Å². The van der Waals surface area contributed by atoms with Crippen LogP contribution in [0.15, 0.2) is 22.8 Å². The van der Waals surface area contributed by atoms with Gasteiger partial charge in [0.05, 0.1) is 12.9 Å². The first-order valence-electron chi connectivity index (χ1n) is 5.80. The lowest BCUT2D eigenvalue weighted by molar-refractivity contribution is 0.157. The topological polar surface area (TPSA) is 63.5 Å². The van der Waals surface area contributed by atoms with Crippen molar-refractivity contribution in [3.63, 3.8) is 0 Å². The molecular formula is C12H18N2O3. The number of amides is 2. The molecule has 0 spiro atoms. The molecule has 1 heterocycles. The second-order valence-corrected chi connectivity index (χ2v) is 4.46. The van der Waals surface area contributed by atoms with Crippen molar-refractivity contribution in [2.24, 2.45) is 5.92 Å². The van der Waals surface area contributed by atoms with Crippen molar-refractivity contribution >= 4 is 6.03 Å². The van der Waals surface area contributed by atoms with Crippen LogP contribution in [0.25, 0.3) is 0 Å². The molecule has 5 nitrogen and oxygen atoms in total. The van der Waals surface area contributed by atoms with Crippen molar-refractivity contribution in [1.29, 1.82) is 0 Å². The summed E-state index contributed by atoms with van der Waals surface area (Å²) >= 11 is 0. The number of carbonyl (C=O) groups excluding carboxylic acids is 1. The highest BCUT2D eigenvalue weighted by atomic mass is 16.5. The molecule has 0 aromatic carbocycles. The zero-order valence-corrected chi connectivity index (χ0v) is 10.1. The molecule has 0 aliphatic heterocycles. The summed E-state index contributed by atoms with van der Waals surface area (Å²) in [6.45, 7) is 2.51. The van der Waals surface area contributed by atoms with Crippen LogP contribution in [0.1, 0.15) is 25.1 Å². The third kappa shape index (κ3) is 3.23. The van der Waals surface area contributed by atoms with Gasteiger partial charge in [0.25, 0.3) is 0 Å². The van der Waals surface area contributed by atoms with Gasteiger partial charge in [0, 0.05) is 13.2 Å². The van der Waals surface area contributed by atoms with Gasteiger partial charge in [-0.05, 0) is 24.5 Å². The average molecular weight is 238 g/mol. The van der Waals surface area contributed by atoms with E-state index in [-0.39, 0.29) is 12.1 Å². The molecule has 1 saturated carbocycles. The van der Waals surface area contributed by atoms with Gasteiger partial charge >= 0.3 is 6.03 Å². The van der Waals surface area contributed by atoms with Gasteiger partial charge < -0.3 is 19.8 Å². The first kappa shape index (κ1) is 12.0. The maximum Gasteiger partial charge on any atom is 0.315 e. The molecule has 0 radical (unpaired) electrons. The Kier molecular flexibility index (Phi) is 3.68. The van der Waals surface area contributed by atoms with E-state index in [1.54, 1.807) is 19.4 Å². The van der Waals surface area contributed by atoms with Gasteiger partial charge in [-0.1, -0.05) is 6.92 Å². The highest BCUT2D eigenvalue weighted by Crippen LogP contribution is 2.28. The van der Waals surface area contributed by atoms with Crippen molar-refractivity contribution in [3.05, 3.63) is 24.2 Å². The predicted octanol–water partition coefficient (Wildman–Crippen LogP) is 1.67. The van der Waals surface area contributed by atoms with Gasteiger partial charge in [0.15, 0.2) is 0 Å². The van der Waals surface area contributed by atoms with Crippen LogP contribution in [0, 0.1) is 5.92 Å². The fourth-order valence-corrected chi connectivity index (χ4v) is 1.74. The number of urea groups is 1. The maximum absolute atomic E-state index is 11.7. The molecule has 2 amide bonds. The lowest BCUT2D eigenvalue weighted by Gasteiger charge is -2.16. The van der Waals surface area contributed by atoms with Crippen LogP contribution in [0.5, 0.6) is 0 Å². The average Bonchev–Trinajstić information content (AvgIpc) is 2.82. The van der Waals surface area contributed by atoms with Crippen LogP contribution in [0.4, 0.5) is 4.79 Å². The van der Waals surface area contributed by atoms with E-state index >= 15 is 0 Å². The zero-order valence-electron chi connectivity index (χ0n) is 10.1. The first-order chi connectivity index (χ1) is 8.20. The molecule has 94 valence electrons. The van der Waals surface area contributed by atoms with E-state index in [1.807, 2.05) is 6.07 Å². The molecule has 1 aliphatic carbocycles. The number of carbonyl (C=O) groups is 1. The van der Waals surface area contributed by atoms with E-state index < -0.39 is 0 Å². The second kappa shape index (κ2) is 5.23. The van der Waals surface area contributed by atoms with E-state index in [9.17, 15) is 4.79 Å². The van der Waals surface area contributed by atoms with E-state index in [1.165, 1.54) is 0 Å². The molecule has 1 aromatic heterocycles. The second-order valence-electron chi connectivity index (χ2n) is 4.46. The zero-order chi connectivity index (χ0) is 12.3. The van der Waals surface area contributed by atoms with E-state index in [2.05, 4.69) is 17.6 Å². The Labute approximate surface area is 101 Å². The van der Waals surface area contributed by atoms with Gasteiger partial charge in [0.1, 0.15) is 11.8 Å². The molecule has 17 heavy (non-hydrogen) atoms. The summed E-state index contributed by atoms with van der Waals surface area (Å²) in [5.41, 5.74) is 0. The normalized spacial score (nSPS) is 24.1. The van der Waals surface area contributed by atoms with Crippen molar-refractivity contribution in [2.75, 3.05) is 13.7 Å². The van der Waals surface area contributed by atoms with Gasteiger partial charge in [-0.15, -0.1) is 0 Å². The Morgan fingerprint density at radius 3 is 3.00 bits per heavy atom. The van der Waals surface area contributed by atoms with Gasteiger partial charge in [-0.2, -0.15) is 0 Å². The van der Waals surface area contributed by atoms with E-state index in [0.29, 0.717) is 24.3 Å². The fraction of sp³-hybridized carbons (Fsp3) is 0.583. The molecule has 3 unspecified atom stereocenters. The van der Waals surface area contributed by atoms with Crippen molar-refractivity contribution in [3.8, 4) is 0 Å². The summed E-state index contributed by atoms with van der Waals surface area (Å²) in [4.78, 5) is 11.7. The standard InChI is InChI=1S/C12H18N2O3/c1-8-6-9(8)13-12(15)14-10(7-16-2)11-4-3-5-17-11/h3-5,8-10H,6-7H2,1-2H3,(H2,13,14,15). The van der Waals surface area contributed by atoms with Crippen molar-refractivity contribution < 1.29 is 13.9 Å². The lowest BCUT2D eigenvalue weighted by atomic mass is 10.2. The monoisotopic (exact) mass is 238 g/mol. The number of hydrogen-bond donors (Lipinski definition) is 2. The largest absolute Gasteiger partial charge is 0.467 e. The maximum atomic E-state index is 11.7. The summed E-state index contributed by atoms with van der Waals surface area (Å²) in [5, 5.41) is 5.75. The minimum Gasteiger partial charge on any atom is -0.467 e. The summed E-state index contributed by atoms with van der Waals surface area (Å²) < 4.78 is 10.3. The Morgan fingerprint density at radius 2 is 2.47 bits per heavy atom. The predicted molar refractivity (Wildman–Crippen MR) is 62.6 cm³/mol. The molecule has 3 atom stereocenters. The van der Waals surface area contributed by atoms with Crippen LogP contribution in [-0.4, -0.2) is 25.8 Å². The molecule has 0 saturated heterocycles. The third-order valence-electron chi connectivity index (χ3n) is 2.95. The first-order valence-corrected chi connectivity index (χ1v) is 5.80. The quantitative estimate of drug-likeness (QED) is 0.820. The number of rotatable bonds is 5. The van der Waals surface area contributed by atoms with Crippen LogP contribution >= 0.6 is 0 Å². The van der Waals surface area contributed by atoms with Gasteiger partial charge in [-0.3, -0.25) is 0 Å². The molecule has 1 aromatic rings. The summed E-state index contributed by atoms with van der Waals surface area (Å²) in [5.74, 6) is 1.29. The molecule has 5 heteroatoms. The van der Waals surface area contributed by atoms with Crippen LogP contribution in [-0.2, 0) is 4.74 Å². The Bertz CT molecular complexity index is 364. The molecule has 0 bridgehead atoms. The Hall–Kier alpha value is -1.49. The van der Waals surface area contributed by atoms with Crippen LogP contribution in [0.3, 0.4) is 0 Å². The summed E-state index contributed by atoms with van der Waals surface area (Å²) in [7, 11) is 1.60. The molecule has 1 fully saturated rings. The molecule has 1 aliphatic rings. The Balaban J connectivity index is 1.86. The highest BCUT2D eigenvalue weighted by Gasteiger charge is 2.34. The summed E-state index contributed by atoms with van der Waals surface area (Å²) in [6, 6.07) is 3.52. The van der Waals surface area contributed by atoms with E-state index in [0.717, 1.165) is 6.42 Å². The smallest absolute Gasteiger partial charge is 0.315 e. The molecule has 2 rings (SSSR count). The third-order valence-corrected chi connectivity index (χ3v) is 2.95. The number of methoxy groups -OCH3 is 1. The van der Waals surface area contributed by atoms with Crippen molar-refractivity contribution in [2.45, 2.75) is 25.4 Å². The van der Waals surface area contributed by atoms with Crippen LogP contribution < -0.4 is 10.6 Å². The number of nitrogens with one attached hydrogen (secondary N) is 2. The van der Waals surface area contributed by atoms with Gasteiger partial charge in [-0.25, -0.2) is 4.79 Å². The summed E-state index contributed by atoms with van der Waals surface area (Å²) in [6.07, 6.45) is 2.64. The number of furan rings is 1. The highest BCUT2D eigenvalue weighted by molar-refractivity contribution is 5.75. The molecule has 2 N–H and O–H groups in total. The SMILES string of the molecule is COCC(NC(=O)NC1CC1C)c1ccco1. The fourth-order valence-electron chi connectivity index (χ4n) is 1.74.